The molecule has 7 heteroatoms. The smallest absolute Gasteiger partial charge is 0.306 e. The number of benzene rings is 1. The summed E-state index contributed by atoms with van der Waals surface area (Å²) in [5.74, 6) is -0.976. The molecular formula is C19H26N2O5. The second-order valence-corrected chi connectivity index (χ2v) is 6.53. The third-order valence-electron chi connectivity index (χ3n) is 4.47. The van der Waals surface area contributed by atoms with E-state index in [1.807, 2.05) is 6.92 Å². The van der Waals surface area contributed by atoms with Crippen LogP contribution in [0.3, 0.4) is 0 Å². The molecule has 0 bridgehead atoms. The van der Waals surface area contributed by atoms with E-state index in [4.69, 9.17) is 9.84 Å². The van der Waals surface area contributed by atoms with Crippen LogP contribution in [0.2, 0.25) is 0 Å². The van der Waals surface area contributed by atoms with Gasteiger partial charge in [-0.15, -0.1) is 0 Å². The molecule has 1 aromatic rings. The van der Waals surface area contributed by atoms with Gasteiger partial charge in [-0.1, -0.05) is 13.0 Å². The average molecular weight is 362 g/mol. The van der Waals surface area contributed by atoms with Gasteiger partial charge < -0.3 is 19.6 Å². The summed E-state index contributed by atoms with van der Waals surface area (Å²) in [4.78, 5) is 38.9. The molecule has 1 aliphatic rings. The van der Waals surface area contributed by atoms with Gasteiger partial charge in [0.1, 0.15) is 5.75 Å². The number of carboxylic acid groups (broad SMARTS) is 1. The number of ether oxygens (including phenoxy) is 1. The summed E-state index contributed by atoms with van der Waals surface area (Å²) >= 11 is 0. The number of aliphatic carboxylic acids is 1. The second kappa shape index (κ2) is 9.22. The first-order valence-electron chi connectivity index (χ1n) is 8.91. The van der Waals surface area contributed by atoms with Gasteiger partial charge in [-0.05, 0) is 37.5 Å². The molecule has 142 valence electrons. The first-order valence-corrected chi connectivity index (χ1v) is 8.91. The molecule has 0 radical (unpaired) electrons. The highest BCUT2D eigenvalue weighted by atomic mass is 16.5. The van der Waals surface area contributed by atoms with Crippen molar-refractivity contribution >= 4 is 17.8 Å². The van der Waals surface area contributed by atoms with Crippen LogP contribution in [-0.4, -0.2) is 66.0 Å². The number of carbonyl (C=O) groups excluding carboxylic acids is 2. The van der Waals surface area contributed by atoms with Gasteiger partial charge in [-0.2, -0.15) is 0 Å². The van der Waals surface area contributed by atoms with Crippen molar-refractivity contribution in [1.29, 1.82) is 0 Å². The maximum absolute atomic E-state index is 12.6. The Morgan fingerprint density at radius 1 is 1.27 bits per heavy atom. The molecule has 0 spiro atoms. The van der Waals surface area contributed by atoms with Crippen LogP contribution in [0, 0.1) is 5.92 Å². The Balaban J connectivity index is 1.90. The van der Waals surface area contributed by atoms with Crippen LogP contribution in [0.25, 0.3) is 0 Å². The molecule has 2 rings (SSSR count). The number of likely N-dealkylation sites (N-methyl/N-ethyl adjacent to an activating group) is 1. The van der Waals surface area contributed by atoms with Crippen molar-refractivity contribution in [3.8, 4) is 5.75 Å². The average Bonchev–Trinajstić information content (AvgIpc) is 2.65. The van der Waals surface area contributed by atoms with Crippen LogP contribution in [0.5, 0.6) is 5.75 Å². The van der Waals surface area contributed by atoms with Crippen molar-refractivity contribution < 1.29 is 24.2 Å². The van der Waals surface area contributed by atoms with E-state index in [1.54, 1.807) is 36.2 Å². The highest BCUT2D eigenvalue weighted by Crippen LogP contribution is 2.18. The quantitative estimate of drug-likeness (QED) is 0.800. The van der Waals surface area contributed by atoms with Crippen molar-refractivity contribution in [3.63, 3.8) is 0 Å². The van der Waals surface area contributed by atoms with Crippen molar-refractivity contribution in [2.75, 3.05) is 33.3 Å². The number of likely N-dealkylation sites (tertiary alicyclic amines) is 1. The number of hydrogen-bond donors (Lipinski definition) is 1. The summed E-state index contributed by atoms with van der Waals surface area (Å²) in [6.07, 6.45) is 1.79. The molecule has 1 aromatic carbocycles. The molecule has 1 N–H and O–H groups in total. The van der Waals surface area contributed by atoms with Crippen LogP contribution < -0.4 is 4.74 Å². The number of amides is 2. The van der Waals surface area contributed by atoms with Gasteiger partial charge in [-0.3, -0.25) is 14.4 Å². The highest BCUT2D eigenvalue weighted by molar-refractivity contribution is 5.96. The minimum atomic E-state index is -0.811. The standard InChI is InChI=1S/C19H26N2O5/c1-3-11-26-16-6-4-5-15(12-16)18(23)20(2)13-17(22)21-9-7-14(8-10-21)19(24)25/h4-6,12,14H,3,7-11,13H2,1-2H3,(H,24,25). The molecule has 26 heavy (non-hydrogen) atoms. The van der Waals surface area contributed by atoms with Crippen molar-refractivity contribution in [1.82, 2.24) is 9.80 Å². The van der Waals surface area contributed by atoms with Gasteiger partial charge in [0.15, 0.2) is 0 Å². The number of carbonyl (C=O) groups is 3. The Morgan fingerprint density at radius 3 is 2.58 bits per heavy atom. The summed E-state index contributed by atoms with van der Waals surface area (Å²) in [7, 11) is 1.59. The maximum atomic E-state index is 12.6. The molecular weight excluding hydrogens is 336 g/mol. The van der Waals surface area contributed by atoms with E-state index in [0.29, 0.717) is 43.9 Å². The molecule has 0 unspecified atom stereocenters. The van der Waals surface area contributed by atoms with Gasteiger partial charge in [0.05, 0.1) is 19.1 Å². The third kappa shape index (κ3) is 5.21. The zero-order valence-electron chi connectivity index (χ0n) is 15.3. The van der Waals surface area contributed by atoms with E-state index in [9.17, 15) is 14.4 Å². The summed E-state index contributed by atoms with van der Waals surface area (Å²) in [6, 6.07) is 6.92. The molecule has 2 amide bonds. The highest BCUT2D eigenvalue weighted by Gasteiger charge is 2.28. The van der Waals surface area contributed by atoms with Crippen LogP contribution >= 0.6 is 0 Å². The predicted molar refractivity (Wildman–Crippen MR) is 96.1 cm³/mol. The van der Waals surface area contributed by atoms with Crippen LogP contribution in [0.1, 0.15) is 36.5 Å². The zero-order valence-corrected chi connectivity index (χ0v) is 15.3. The predicted octanol–water partition coefficient (Wildman–Crippen LogP) is 1.87. The number of hydrogen-bond acceptors (Lipinski definition) is 4. The van der Waals surface area contributed by atoms with Crippen LogP contribution in [0.4, 0.5) is 0 Å². The van der Waals surface area contributed by atoms with E-state index in [-0.39, 0.29) is 24.3 Å². The first-order chi connectivity index (χ1) is 12.4. The van der Waals surface area contributed by atoms with Crippen molar-refractivity contribution in [3.05, 3.63) is 29.8 Å². The Kier molecular flexibility index (Phi) is 7.00. The molecule has 0 aliphatic carbocycles. The Labute approximate surface area is 153 Å². The number of rotatable bonds is 7. The zero-order chi connectivity index (χ0) is 19.1. The summed E-state index contributed by atoms with van der Waals surface area (Å²) in [6.45, 7) is 3.39. The van der Waals surface area contributed by atoms with Crippen molar-refractivity contribution in [2.24, 2.45) is 5.92 Å². The topological polar surface area (TPSA) is 87.2 Å². The summed E-state index contributed by atoms with van der Waals surface area (Å²) in [5, 5.41) is 9.02. The molecule has 0 aromatic heterocycles. The summed E-state index contributed by atoms with van der Waals surface area (Å²) in [5.41, 5.74) is 0.471. The van der Waals surface area contributed by atoms with Crippen molar-refractivity contribution in [2.45, 2.75) is 26.2 Å². The lowest BCUT2D eigenvalue weighted by atomic mass is 9.97. The van der Waals surface area contributed by atoms with Gasteiger partial charge >= 0.3 is 5.97 Å². The fourth-order valence-corrected chi connectivity index (χ4v) is 2.91. The fraction of sp³-hybridized carbons (Fsp3) is 0.526. The lowest BCUT2D eigenvalue weighted by Gasteiger charge is -2.31. The molecule has 7 nitrogen and oxygen atoms in total. The maximum Gasteiger partial charge on any atom is 0.306 e. The minimum absolute atomic E-state index is 0.0311. The molecule has 1 heterocycles. The van der Waals surface area contributed by atoms with Gasteiger partial charge in [-0.25, -0.2) is 0 Å². The van der Waals surface area contributed by atoms with E-state index >= 15 is 0 Å². The van der Waals surface area contributed by atoms with E-state index < -0.39 is 5.97 Å². The number of carboxylic acids is 1. The van der Waals surface area contributed by atoms with Gasteiger partial charge in [0, 0.05) is 25.7 Å². The second-order valence-electron chi connectivity index (χ2n) is 6.53. The third-order valence-corrected chi connectivity index (χ3v) is 4.47. The fourth-order valence-electron chi connectivity index (χ4n) is 2.91. The monoisotopic (exact) mass is 362 g/mol. The van der Waals surface area contributed by atoms with E-state index in [0.717, 1.165) is 6.42 Å². The molecule has 0 saturated carbocycles. The minimum Gasteiger partial charge on any atom is -0.494 e. The Bertz CT molecular complexity index is 653. The lowest BCUT2D eigenvalue weighted by Crippen LogP contribution is -2.45. The Morgan fingerprint density at radius 2 is 1.96 bits per heavy atom. The normalized spacial score (nSPS) is 14.8. The van der Waals surface area contributed by atoms with Crippen LogP contribution in [0.15, 0.2) is 24.3 Å². The van der Waals surface area contributed by atoms with E-state index in [1.165, 1.54) is 4.90 Å². The molecule has 1 aliphatic heterocycles. The number of piperidine rings is 1. The van der Waals surface area contributed by atoms with Gasteiger partial charge in [0.25, 0.3) is 5.91 Å². The SMILES string of the molecule is CCCOc1cccc(C(=O)N(C)CC(=O)N2CCC(C(=O)O)CC2)c1. The number of nitrogens with zero attached hydrogens (tertiary/aromatic N) is 2. The van der Waals surface area contributed by atoms with E-state index in [2.05, 4.69) is 0 Å². The Hall–Kier alpha value is -2.57. The van der Waals surface area contributed by atoms with Crippen LogP contribution in [-0.2, 0) is 9.59 Å². The molecule has 0 atom stereocenters. The molecule has 1 saturated heterocycles. The lowest BCUT2D eigenvalue weighted by molar-refractivity contribution is -0.145. The largest absolute Gasteiger partial charge is 0.494 e. The molecule has 1 fully saturated rings. The summed E-state index contributed by atoms with van der Waals surface area (Å²) < 4.78 is 5.54. The van der Waals surface area contributed by atoms with Gasteiger partial charge in [0.2, 0.25) is 5.91 Å². The first kappa shape index (κ1) is 19.8.